The van der Waals surface area contributed by atoms with Crippen LogP contribution in [0.4, 0.5) is 0 Å². The van der Waals surface area contributed by atoms with Crippen molar-refractivity contribution in [3.8, 4) is 0 Å². The van der Waals surface area contributed by atoms with E-state index in [-0.39, 0.29) is 27.3 Å². The van der Waals surface area contributed by atoms with Gasteiger partial charge in [0.2, 0.25) is 0 Å². The van der Waals surface area contributed by atoms with Crippen LogP contribution in [0.2, 0.25) is 0 Å². The molecule has 33 heavy (non-hydrogen) atoms. The summed E-state index contributed by atoms with van der Waals surface area (Å²) in [4.78, 5) is 40.2. The van der Waals surface area contributed by atoms with Gasteiger partial charge in [-0.05, 0) is 12.1 Å². The van der Waals surface area contributed by atoms with Gasteiger partial charge >= 0.3 is 27.3 Å². The van der Waals surface area contributed by atoms with Gasteiger partial charge in [0.1, 0.15) is 9.79 Å². The first-order chi connectivity index (χ1) is 14.5. The predicted molar refractivity (Wildman–Crippen MR) is 95.6 cm³/mol. The Morgan fingerprint density at radius 2 is 0.848 bits per heavy atom. The SMILES string of the molecule is O=C([O-])c1cccc(S(=O)(=O)O)c1C(=O)[O-].O=C([O-])c1cccc(S(=O)(=O)O)c1C(=O)[O-].[Pb+4]. The van der Waals surface area contributed by atoms with E-state index in [4.69, 9.17) is 9.11 Å². The monoisotopic (exact) mass is 696 g/mol. The Hall–Kier alpha value is -2.94. The first kappa shape index (κ1) is 30.1. The zero-order valence-electron chi connectivity index (χ0n) is 15.6. The Bertz CT molecular complexity index is 1230. The molecule has 17 heteroatoms. The molecule has 0 saturated heterocycles. The van der Waals surface area contributed by atoms with Crippen molar-refractivity contribution in [2.75, 3.05) is 0 Å². The maximum Gasteiger partial charge on any atom is 4.00 e. The Kier molecular flexibility index (Phi) is 10.3. The van der Waals surface area contributed by atoms with Crippen LogP contribution in [0.25, 0.3) is 0 Å². The molecule has 0 heterocycles. The number of carbonyl (C=O) groups excluding carboxylic acids is 4. The van der Waals surface area contributed by atoms with E-state index in [1.54, 1.807) is 0 Å². The van der Waals surface area contributed by atoms with Crippen molar-refractivity contribution in [3.05, 3.63) is 58.7 Å². The van der Waals surface area contributed by atoms with Crippen molar-refractivity contribution in [1.29, 1.82) is 0 Å². The van der Waals surface area contributed by atoms with Crippen molar-refractivity contribution in [1.82, 2.24) is 0 Å². The van der Waals surface area contributed by atoms with Crippen LogP contribution in [-0.4, -0.2) is 77.1 Å². The number of carbonyl (C=O) groups is 4. The molecule has 0 aliphatic rings. The Morgan fingerprint density at radius 3 is 1.03 bits per heavy atom. The van der Waals surface area contributed by atoms with Gasteiger partial charge in [0.05, 0.1) is 23.9 Å². The maximum atomic E-state index is 10.8. The van der Waals surface area contributed by atoms with Crippen LogP contribution in [-0.2, 0) is 20.2 Å². The summed E-state index contributed by atoms with van der Waals surface area (Å²) >= 11 is 0. The molecular weight excluding hydrogens is 687 g/mol. The number of carboxylic acid groups (broad SMARTS) is 4. The molecule has 2 aromatic rings. The maximum absolute atomic E-state index is 10.8. The van der Waals surface area contributed by atoms with Crippen LogP contribution >= 0.6 is 0 Å². The van der Waals surface area contributed by atoms with E-state index in [0.717, 1.165) is 36.4 Å². The molecule has 0 amide bonds. The zero-order valence-corrected chi connectivity index (χ0v) is 21.1. The second kappa shape index (κ2) is 11.3. The molecule has 14 nitrogen and oxygen atoms in total. The number of carboxylic acids is 4. The molecule has 2 N–H and O–H groups in total. The summed E-state index contributed by atoms with van der Waals surface area (Å²) in [7, 11) is -9.69. The van der Waals surface area contributed by atoms with E-state index in [2.05, 4.69) is 0 Å². The molecule has 0 spiro atoms. The first-order valence-electron chi connectivity index (χ1n) is 7.56. The van der Waals surface area contributed by atoms with Crippen LogP contribution in [0.15, 0.2) is 46.2 Å². The summed E-state index contributed by atoms with van der Waals surface area (Å²) in [6, 6.07) is 5.06. The van der Waals surface area contributed by atoms with Crippen molar-refractivity contribution < 1.29 is 65.5 Å². The second-order valence-corrected chi connectivity index (χ2v) is 8.24. The van der Waals surface area contributed by atoms with E-state index >= 15 is 0 Å². The Balaban J connectivity index is 0.000000602. The van der Waals surface area contributed by atoms with Crippen LogP contribution in [0.5, 0.6) is 0 Å². The number of aromatic carboxylic acids is 4. The fraction of sp³-hybridized carbons (Fsp3) is 0. The van der Waals surface area contributed by atoms with Crippen molar-refractivity contribution in [2.45, 2.75) is 9.79 Å². The largest absolute Gasteiger partial charge is 4.00 e. The average Bonchev–Trinajstić information content (AvgIpc) is 2.65. The van der Waals surface area contributed by atoms with Crippen molar-refractivity contribution in [3.63, 3.8) is 0 Å². The van der Waals surface area contributed by atoms with Crippen LogP contribution in [0, 0.1) is 0 Å². The summed E-state index contributed by atoms with van der Waals surface area (Å²) in [6.45, 7) is 0. The van der Waals surface area contributed by atoms with Crippen molar-refractivity contribution >= 4 is 71.4 Å². The van der Waals surface area contributed by atoms with E-state index in [0.29, 0.717) is 0 Å². The summed E-state index contributed by atoms with van der Waals surface area (Å²) in [5.41, 5.74) is -4.03. The molecule has 0 aliphatic heterocycles. The Labute approximate surface area is 204 Å². The predicted octanol–water partition coefficient (Wildman–Crippen LogP) is -5.06. The molecule has 0 saturated carbocycles. The van der Waals surface area contributed by atoms with Gasteiger partial charge in [-0.1, -0.05) is 24.3 Å². The molecule has 2 rings (SSSR count). The Morgan fingerprint density at radius 1 is 0.576 bits per heavy atom. The third-order valence-electron chi connectivity index (χ3n) is 3.46. The van der Waals surface area contributed by atoms with Crippen LogP contribution in [0.1, 0.15) is 41.4 Å². The van der Waals surface area contributed by atoms with Gasteiger partial charge in [-0.25, -0.2) is 0 Å². The van der Waals surface area contributed by atoms with E-state index in [1.807, 2.05) is 0 Å². The number of rotatable bonds is 6. The minimum atomic E-state index is -4.85. The quantitative estimate of drug-likeness (QED) is 0.212. The fourth-order valence-corrected chi connectivity index (χ4v) is 3.66. The zero-order chi connectivity index (χ0) is 25.0. The standard InChI is InChI=1S/2C8H6O7S.Pb/c2*9-7(10)4-2-1-3-5(16(13,14)15)6(4)8(11)12;/h2*1-3H,(H,9,10)(H,11,12)(H,13,14,15);/q;;+4/p-4. The van der Waals surface area contributed by atoms with Crippen LogP contribution < -0.4 is 20.4 Å². The molecule has 0 aromatic heterocycles. The minimum Gasteiger partial charge on any atom is -0.545 e. The summed E-state index contributed by atoms with van der Waals surface area (Å²) in [5, 5.41) is 42.3. The molecule has 0 bridgehead atoms. The van der Waals surface area contributed by atoms with Gasteiger partial charge < -0.3 is 39.6 Å². The summed E-state index contributed by atoms with van der Waals surface area (Å²) in [5.74, 6) is -7.84. The topological polar surface area (TPSA) is 269 Å². The summed E-state index contributed by atoms with van der Waals surface area (Å²) < 4.78 is 60.5. The average molecular weight is 696 g/mol. The molecular formula is C16H8O14PbS2. The molecule has 0 radical (unpaired) electrons. The molecule has 0 atom stereocenters. The third kappa shape index (κ3) is 7.56. The van der Waals surface area contributed by atoms with Crippen molar-refractivity contribution in [2.24, 2.45) is 0 Å². The van der Waals surface area contributed by atoms with Gasteiger partial charge in [-0.3, -0.25) is 9.11 Å². The van der Waals surface area contributed by atoms with Crippen LogP contribution in [0.3, 0.4) is 0 Å². The fourth-order valence-electron chi connectivity index (χ4n) is 2.25. The van der Waals surface area contributed by atoms with Gasteiger partial charge in [0, 0.05) is 22.3 Å². The third-order valence-corrected chi connectivity index (χ3v) is 5.25. The van der Waals surface area contributed by atoms with E-state index < -0.39 is 76.2 Å². The normalized spacial score (nSPS) is 10.7. The molecule has 172 valence electrons. The number of hydrogen-bond acceptors (Lipinski definition) is 12. The van der Waals surface area contributed by atoms with E-state index in [1.165, 1.54) is 0 Å². The van der Waals surface area contributed by atoms with Gasteiger partial charge in [0.25, 0.3) is 20.2 Å². The number of benzene rings is 2. The molecule has 2 aromatic carbocycles. The summed E-state index contributed by atoms with van der Waals surface area (Å²) in [6.07, 6.45) is 0. The second-order valence-electron chi connectivity index (χ2n) is 5.46. The van der Waals surface area contributed by atoms with Gasteiger partial charge in [-0.2, -0.15) is 16.8 Å². The minimum absolute atomic E-state index is 0. The smallest absolute Gasteiger partial charge is 0.545 e. The first-order valence-corrected chi connectivity index (χ1v) is 10.4. The van der Waals surface area contributed by atoms with Gasteiger partial charge in [-0.15, -0.1) is 0 Å². The molecule has 0 unspecified atom stereocenters. The molecule has 0 aliphatic carbocycles. The van der Waals surface area contributed by atoms with Gasteiger partial charge in [0.15, 0.2) is 0 Å². The molecule has 0 fully saturated rings. The van der Waals surface area contributed by atoms with E-state index in [9.17, 15) is 56.4 Å². The number of hydrogen-bond donors (Lipinski definition) is 2.